The topological polar surface area (TPSA) is 64.9 Å². The summed E-state index contributed by atoms with van der Waals surface area (Å²) in [5.74, 6) is 0.0978. The van der Waals surface area contributed by atoms with Crippen molar-refractivity contribution in [2.75, 3.05) is 13.1 Å². The fraction of sp³-hybridized carbons (Fsp3) is 0.429. The van der Waals surface area contributed by atoms with Crippen molar-refractivity contribution < 1.29 is 4.79 Å². The SMILES string of the molecule is CC(C)C(=O)NCCNCc1cccc(C#N)c1. The molecule has 0 aliphatic rings. The average molecular weight is 245 g/mol. The molecule has 0 radical (unpaired) electrons. The molecule has 0 saturated carbocycles. The molecule has 96 valence electrons. The Morgan fingerprint density at radius 2 is 2.17 bits per heavy atom. The lowest BCUT2D eigenvalue weighted by Crippen LogP contribution is -2.34. The van der Waals surface area contributed by atoms with E-state index in [1.165, 1.54) is 0 Å². The van der Waals surface area contributed by atoms with Crippen LogP contribution in [0.15, 0.2) is 24.3 Å². The van der Waals surface area contributed by atoms with Gasteiger partial charge in [-0.05, 0) is 17.7 Å². The summed E-state index contributed by atoms with van der Waals surface area (Å²) in [4.78, 5) is 11.3. The number of carbonyl (C=O) groups is 1. The predicted octanol–water partition coefficient (Wildman–Crippen LogP) is 1.42. The molecule has 1 aromatic rings. The molecule has 4 nitrogen and oxygen atoms in total. The zero-order valence-electron chi connectivity index (χ0n) is 10.9. The van der Waals surface area contributed by atoms with E-state index in [-0.39, 0.29) is 11.8 Å². The quantitative estimate of drug-likeness (QED) is 0.745. The Labute approximate surface area is 108 Å². The number of nitriles is 1. The molecule has 0 aliphatic carbocycles. The van der Waals surface area contributed by atoms with Crippen molar-refractivity contribution in [2.24, 2.45) is 5.92 Å². The Morgan fingerprint density at radius 1 is 1.39 bits per heavy atom. The van der Waals surface area contributed by atoms with E-state index in [9.17, 15) is 4.79 Å². The molecule has 1 amide bonds. The maximum atomic E-state index is 11.3. The van der Waals surface area contributed by atoms with Gasteiger partial charge < -0.3 is 10.6 Å². The molecule has 1 rings (SSSR count). The maximum Gasteiger partial charge on any atom is 0.222 e. The molecule has 0 spiro atoms. The Hall–Kier alpha value is -1.86. The van der Waals surface area contributed by atoms with Gasteiger partial charge in [0.15, 0.2) is 0 Å². The average Bonchev–Trinajstić information content (AvgIpc) is 2.38. The summed E-state index contributed by atoms with van der Waals surface area (Å²) in [7, 11) is 0. The first-order valence-electron chi connectivity index (χ1n) is 6.11. The second-order valence-electron chi connectivity index (χ2n) is 4.43. The van der Waals surface area contributed by atoms with Gasteiger partial charge in [0.2, 0.25) is 5.91 Å². The van der Waals surface area contributed by atoms with Crippen LogP contribution >= 0.6 is 0 Å². The Balaban J connectivity index is 2.22. The molecule has 4 heteroatoms. The summed E-state index contributed by atoms with van der Waals surface area (Å²) in [6.07, 6.45) is 0. The zero-order valence-corrected chi connectivity index (χ0v) is 10.9. The van der Waals surface area contributed by atoms with Crippen molar-refractivity contribution in [3.05, 3.63) is 35.4 Å². The van der Waals surface area contributed by atoms with Crippen LogP contribution < -0.4 is 10.6 Å². The van der Waals surface area contributed by atoms with Gasteiger partial charge in [-0.1, -0.05) is 26.0 Å². The standard InChI is InChI=1S/C14H19N3O/c1-11(2)14(18)17-7-6-16-10-13-5-3-4-12(8-13)9-15/h3-5,8,11,16H,6-7,10H2,1-2H3,(H,17,18). The number of rotatable bonds is 6. The highest BCUT2D eigenvalue weighted by molar-refractivity contribution is 5.77. The number of benzene rings is 1. The highest BCUT2D eigenvalue weighted by atomic mass is 16.1. The van der Waals surface area contributed by atoms with Crippen LogP contribution in [-0.4, -0.2) is 19.0 Å². The molecule has 0 saturated heterocycles. The molecular weight excluding hydrogens is 226 g/mol. The summed E-state index contributed by atoms with van der Waals surface area (Å²) < 4.78 is 0. The van der Waals surface area contributed by atoms with Crippen LogP contribution in [-0.2, 0) is 11.3 Å². The van der Waals surface area contributed by atoms with E-state index in [0.29, 0.717) is 18.7 Å². The third-order valence-corrected chi connectivity index (χ3v) is 2.51. The second kappa shape index (κ2) is 7.46. The lowest BCUT2D eigenvalue weighted by atomic mass is 10.1. The minimum atomic E-state index is 0.0253. The van der Waals surface area contributed by atoms with Gasteiger partial charge in [0, 0.05) is 25.6 Å². The first kappa shape index (κ1) is 14.2. The molecule has 0 heterocycles. The first-order chi connectivity index (χ1) is 8.63. The summed E-state index contributed by atoms with van der Waals surface area (Å²) in [6, 6.07) is 9.60. The van der Waals surface area contributed by atoms with Crippen LogP contribution in [0.5, 0.6) is 0 Å². The first-order valence-corrected chi connectivity index (χ1v) is 6.11. The molecule has 0 aromatic heterocycles. The minimum absolute atomic E-state index is 0.0253. The highest BCUT2D eigenvalue weighted by Gasteiger charge is 2.04. The number of nitrogens with zero attached hydrogens (tertiary/aromatic N) is 1. The predicted molar refractivity (Wildman–Crippen MR) is 70.7 cm³/mol. The smallest absolute Gasteiger partial charge is 0.222 e. The van der Waals surface area contributed by atoms with Crippen LogP contribution in [0.4, 0.5) is 0 Å². The van der Waals surface area contributed by atoms with Crippen LogP contribution in [0.3, 0.4) is 0 Å². The van der Waals surface area contributed by atoms with Crippen LogP contribution in [0.1, 0.15) is 25.0 Å². The Kier molecular flexibility index (Phi) is 5.89. The van der Waals surface area contributed by atoms with Gasteiger partial charge in [-0.25, -0.2) is 0 Å². The monoisotopic (exact) mass is 245 g/mol. The van der Waals surface area contributed by atoms with Gasteiger partial charge in [-0.15, -0.1) is 0 Å². The molecule has 2 N–H and O–H groups in total. The van der Waals surface area contributed by atoms with E-state index >= 15 is 0 Å². The van der Waals surface area contributed by atoms with Gasteiger partial charge in [-0.3, -0.25) is 4.79 Å². The van der Waals surface area contributed by atoms with Crippen LogP contribution in [0.25, 0.3) is 0 Å². The van der Waals surface area contributed by atoms with Crippen molar-refractivity contribution in [3.8, 4) is 6.07 Å². The molecule has 0 aliphatic heterocycles. The zero-order chi connectivity index (χ0) is 13.4. The number of carbonyl (C=O) groups excluding carboxylic acids is 1. The number of amides is 1. The van der Waals surface area contributed by atoms with E-state index < -0.39 is 0 Å². The normalized spacial score (nSPS) is 10.1. The van der Waals surface area contributed by atoms with E-state index in [4.69, 9.17) is 5.26 Å². The maximum absolute atomic E-state index is 11.3. The van der Waals surface area contributed by atoms with Gasteiger partial charge >= 0.3 is 0 Å². The molecule has 1 aromatic carbocycles. The summed E-state index contributed by atoms with van der Waals surface area (Å²) in [5.41, 5.74) is 1.74. The fourth-order valence-electron chi connectivity index (χ4n) is 1.46. The van der Waals surface area contributed by atoms with Gasteiger partial charge in [0.05, 0.1) is 11.6 Å². The lowest BCUT2D eigenvalue weighted by molar-refractivity contribution is -0.123. The third-order valence-electron chi connectivity index (χ3n) is 2.51. The van der Waals surface area contributed by atoms with E-state index in [1.54, 1.807) is 6.07 Å². The number of hydrogen-bond acceptors (Lipinski definition) is 3. The van der Waals surface area contributed by atoms with Crippen molar-refractivity contribution in [1.29, 1.82) is 5.26 Å². The summed E-state index contributed by atoms with van der Waals surface area (Å²) in [5, 5.41) is 14.8. The molecule has 18 heavy (non-hydrogen) atoms. The van der Waals surface area contributed by atoms with Crippen LogP contribution in [0, 0.1) is 17.2 Å². The summed E-state index contributed by atoms with van der Waals surface area (Å²) in [6.45, 7) is 5.78. The van der Waals surface area contributed by atoms with E-state index in [0.717, 1.165) is 12.1 Å². The minimum Gasteiger partial charge on any atom is -0.355 e. The van der Waals surface area contributed by atoms with Gasteiger partial charge in [0.25, 0.3) is 0 Å². The van der Waals surface area contributed by atoms with Crippen molar-refractivity contribution in [3.63, 3.8) is 0 Å². The largest absolute Gasteiger partial charge is 0.355 e. The third kappa shape index (κ3) is 4.98. The Morgan fingerprint density at radius 3 is 2.83 bits per heavy atom. The molecule has 0 unspecified atom stereocenters. The number of nitrogens with one attached hydrogen (secondary N) is 2. The molecular formula is C14H19N3O. The molecule has 0 atom stereocenters. The number of hydrogen-bond donors (Lipinski definition) is 2. The summed E-state index contributed by atoms with van der Waals surface area (Å²) >= 11 is 0. The van der Waals surface area contributed by atoms with Gasteiger partial charge in [-0.2, -0.15) is 5.26 Å². The lowest BCUT2D eigenvalue weighted by Gasteiger charge is -2.08. The fourth-order valence-corrected chi connectivity index (χ4v) is 1.46. The Bertz CT molecular complexity index is 435. The van der Waals surface area contributed by atoms with Crippen molar-refractivity contribution in [2.45, 2.75) is 20.4 Å². The van der Waals surface area contributed by atoms with Crippen molar-refractivity contribution in [1.82, 2.24) is 10.6 Å². The van der Waals surface area contributed by atoms with Gasteiger partial charge in [0.1, 0.15) is 0 Å². The molecule has 0 fully saturated rings. The van der Waals surface area contributed by atoms with Crippen LogP contribution in [0.2, 0.25) is 0 Å². The highest BCUT2D eigenvalue weighted by Crippen LogP contribution is 2.03. The second-order valence-corrected chi connectivity index (χ2v) is 4.43. The molecule has 0 bridgehead atoms. The van der Waals surface area contributed by atoms with Crippen molar-refractivity contribution >= 4 is 5.91 Å². The van der Waals surface area contributed by atoms with E-state index in [2.05, 4.69) is 16.7 Å². The van der Waals surface area contributed by atoms with E-state index in [1.807, 2.05) is 32.0 Å².